The molecule has 1 rings (SSSR count). The van der Waals surface area contributed by atoms with Crippen LogP contribution in [0.15, 0.2) is 4.99 Å². The van der Waals surface area contributed by atoms with Gasteiger partial charge in [-0.05, 0) is 33.2 Å². The van der Waals surface area contributed by atoms with Crippen LogP contribution in [0.1, 0.15) is 33.1 Å². The maximum Gasteiger partial charge on any atom is 0.401 e. The molecular formula is C16H33F3IN5O2S. The third kappa shape index (κ3) is 11.0. The summed E-state index contributed by atoms with van der Waals surface area (Å²) < 4.78 is 62.8. The number of guanidine groups is 1. The highest BCUT2D eigenvalue weighted by molar-refractivity contribution is 14.0. The maximum absolute atomic E-state index is 12.3. The van der Waals surface area contributed by atoms with Crippen molar-refractivity contribution >= 4 is 40.0 Å². The fraction of sp³-hybridized carbons (Fsp3) is 0.938. The lowest BCUT2D eigenvalue weighted by Crippen LogP contribution is -2.50. The van der Waals surface area contributed by atoms with E-state index in [1.165, 1.54) is 16.3 Å². The quantitative estimate of drug-likeness (QED) is 0.264. The second-order valence-electron chi connectivity index (χ2n) is 6.75. The first-order chi connectivity index (χ1) is 12.6. The molecule has 1 saturated heterocycles. The maximum atomic E-state index is 12.3. The topological polar surface area (TPSA) is 77.0 Å². The molecule has 0 unspecified atom stereocenters. The predicted octanol–water partition coefficient (Wildman–Crippen LogP) is 1.86. The van der Waals surface area contributed by atoms with Crippen molar-refractivity contribution in [2.24, 2.45) is 4.99 Å². The molecule has 0 aromatic rings. The van der Waals surface area contributed by atoms with Crippen LogP contribution < -0.4 is 10.6 Å². The summed E-state index contributed by atoms with van der Waals surface area (Å²) in [5.74, 6) is 0.716. The van der Waals surface area contributed by atoms with Gasteiger partial charge in [-0.15, -0.1) is 24.0 Å². The Morgan fingerprint density at radius 1 is 1.25 bits per heavy atom. The summed E-state index contributed by atoms with van der Waals surface area (Å²) >= 11 is 0. The zero-order chi connectivity index (χ0) is 20.5. The van der Waals surface area contributed by atoms with E-state index in [4.69, 9.17) is 0 Å². The number of sulfonamides is 1. The molecule has 0 saturated carbocycles. The second kappa shape index (κ2) is 13.1. The Labute approximate surface area is 183 Å². The fourth-order valence-corrected chi connectivity index (χ4v) is 4.44. The number of rotatable bonds is 9. The fourth-order valence-electron chi connectivity index (χ4n) is 2.90. The van der Waals surface area contributed by atoms with Crippen LogP contribution in [-0.2, 0) is 10.0 Å². The highest BCUT2D eigenvalue weighted by Gasteiger charge is 2.29. The minimum Gasteiger partial charge on any atom is -0.357 e. The molecule has 168 valence electrons. The standard InChI is InChI=1S/C16H32F3N5O2S.HI/c1-4-12-27(25,26)24-9-6-14(7-10-24)22-15(20-5-2)21-8-11-23(3)13-16(17,18)19;/h14H,4-13H2,1-3H3,(H2,20,21,22);1H. The van der Waals surface area contributed by atoms with Crippen LogP contribution in [0.3, 0.4) is 0 Å². The summed E-state index contributed by atoms with van der Waals surface area (Å²) in [7, 11) is -1.76. The van der Waals surface area contributed by atoms with Gasteiger partial charge in [0.1, 0.15) is 0 Å². The predicted molar refractivity (Wildman–Crippen MR) is 117 cm³/mol. The SMILES string of the molecule is CCCS(=O)(=O)N1CCC(NC(=NCCN(C)CC(F)(F)F)NCC)CC1.I. The Morgan fingerprint density at radius 3 is 2.36 bits per heavy atom. The highest BCUT2D eigenvalue weighted by atomic mass is 127. The summed E-state index contributed by atoms with van der Waals surface area (Å²) in [5, 5.41) is 6.34. The van der Waals surface area contributed by atoms with E-state index in [0.29, 0.717) is 44.9 Å². The molecule has 0 bridgehead atoms. The summed E-state index contributed by atoms with van der Waals surface area (Å²) in [6.45, 7) is 4.80. The molecule has 2 N–H and O–H groups in total. The van der Waals surface area contributed by atoms with Gasteiger partial charge in [-0.25, -0.2) is 12.7 Å². The van der Waals surface area contributed by atoms with Crippen molar-refractivity contribution in [3.63, 3.8) is 0 Å². The summed E-state index contributed by atoms with van der Waals surface area (Å²) in [6.07, 6.45) is -2.28. The monoisotopic (exact) mass is 543 g/mol. The van der Waals surface area contributed by atoms with Gasteiger partial charge in [0.15, 0.2) is 5.96 Å². The van der Waals surface area contributed by atoms with Crippen LogP contribution in [0.25, 0.3) is 0 Å². The third-order valence-corrected chi connectivity index (χ3v) is 6.27. The smallest absolute Gasteiger partial charge is 0.357 e. The number of likely N-dealkylation sites (N-methyl/N-ethyl adjacent to an activating group) is 1. The van der Waals surface area contributed by atoms with Crippen molar-refractivity contribution in [3.8, 4) is 0 Å². The molecule has 0 atom stereocenters. The van der Waals surface area contributed by atoms with Crippen LogP contribution in [0, 0.1) is 0 Å². The van der Waals surface area contributed by atoms with Crippen molar-refractivity contribution in [2.45, 2.75) is 45.3 Å². The van der Waals surface area contributed by atoms with E-state index in [2.05, 4.69) is 15.6 Å². The zero-order valence-corrected chi connectivity index (χ0v) is 19.9. The Morgan fingerprint density at radius 2 is 1.86 bits per heavy atom. The van der Waals surface area contributed by atoms with Crippen molar-refractivity contribution in [1.82, 2.24) is 19.8 Å². The molecule has 0 aromatic heterocycles. The molecule has 0 aromatic carbocycles. The lowest BCUT2D eigenvalue weighted by atomic mass is 10.1. The van der Waals surface area contributed by atoms with Crippen LogP contribution in [0.5, 0.6) is 0 Å². The average molecular weight is 543 g/mol. The third-order valence-electron chi connectivity index (χ3n) is 4.20. The molecule has 1 heterocycles. The van der Waals surface area contributed by atoms with E-state index in [1.54, 1.807) is 0 Å². The Kier molecular flexibility index (Phi) is 12.9. The lowest BCUT2D eigenvalue weighted by molar-refractivity contribution is -0.142. The van der Waals surface area contributed by atoms with Crippen LogP contribution in [-0.4, -0.2) is 87.9 Å². The molecule has 7 nitrogen and oxygen atoms in total. The molecule has 0 amide bonds. The van der Waals surface area contributed by atoms with Crippen molar-refractivity contribution in [3.05, 3.63) is 0 Å². The van der Waals surface area contributed by atoms with Crippen molar-refractivity contribution < 1.29 is 21.6 Å². The van der Waals surface area contributed by atoms with Crippen LogP contribution in [0.2, 0.25) is 0 Å². The van der Waals surface area contributed by atoms with Gasteiger partial charge in [0.25, 0.3) is 0 Å². The molecule has 28 heavy (non-hydrogen) atoms. The van der Waals surface area contributed by atoms with E-state index in [-0.39, 0.29) is 48.9 Å². The minimum atomic E-state index is -4.21. The van der Waals surface area contributed by atoms with Gasteiger partial charge in [-0.2, -0.15) is 13.2 Å². The molecule has 1 aliphatic heterocycles. The van der Waals surface area contributed by atoms with Gasteiger partial charge in [-0.1, -0.05) is 6.92 Å². The van der Waals surface area contributed by atoms with E-state index >= 15 is 0 Å². The largest absolute Gasteiger partial charge is 0.401 e. The lowest BCUT2D eigenvalue weighted by Gasteiger charge is -2.32. The first kappa shape index (κ1) is 27.7. The van der Waals surface area contributed by atoms with E-state index in [1.807, 2.05) is 13.8 Å². The molecular weight excluding hydrogens is 510 g/mol. The van der Waals surface area contributed by atoms with E-state index in [0.717, 1.165) is 0 Å². The molecule has 0 radical (unpaired) electrons. The first-order valence-electron chi connectivity index (χ1n) is 9.35. The van der Waals surface area contributed by atoms with Gasteiger partial charge in [-0.3, -0.25) is 9.89 Å². The zero-order valence-electron chi connectivity index (χ0n) is 16.8. The van der Waals surface area contributed by atoms with Gasteiger partial charge in [0.2, 0.25) is 10.0 Å². The number of hydrogen-bond donors (Lipinski definition) is 2. The van der Waals surface area contributed by atoms with Gasteiger partial charge in [0, 0.05) is 32.2 Å². The Hall–Kier alpha value is -0.340. The molecule has 0 aliphatic carbocycles. The van der Waals surface area contributed by atoms with Crippen LogP contribution in [0.4, 0.5) is 13.2 Å². The molecule has 1 fully saturated rings. The number of alkyl halides is 3. The number of hydrogen-bond acceptors (Lipinski definition) is 4. The Bertz CT molecular complexity index is 567. The van der Waals surface area contributed by atoms with Crippen molar-refractivity contribution in [2.75, 3.05) is 52.1 Å². The van der Waals surface area contributed by atoms with Gasteiger partial charge < -0.3 is 10.6 Å². The van der Waals surface area contributed by atoms with E-state index < -0.39 is 22.7 Å². The first-order valence-corrected chi connectivity index (χ1v) is 11.0. The number of nitrogens with zero attached hydrogens (tertiary/aromatic N) is 3. The number of nitrogens with one attached hydrogen (secondary N) is 2. The molecule has 1 aliphatic rings. The van der Waals surface area contributed by atoms with E-state index in [9.17, 15) is 21.6 Å². The molecule has 12 heteroatoms. The Balaban J connectivity index is 0.00000729. The molecule has 0 spiro atoms. The van der Waals surface area contributed by atoms with Gasteiger partial charge in [0.05, 0.1) is 18.8 Å². The summed E-state index contributed by atoms with van der Waals surface area (Å²) in [4.78, 5) is 5.51. The average Bonchev–Trinajstić information content (AvgIpc) is 2.53. The minimum absolute atomic E-state index is 0. The summed E-state index contributed by atoms with van der Waals surface area (Å²) in [6, 6.07) is 0.0868. The van der Waals surface area contributed by atoms with Crippen molar-refractivity contribution in [1.29, 1.82) is 0 Å². The number of aliphatic imine (C=N–C) groups is 1. The normalized spacial score (nSPS) is 17.5. The number of halogens is 4. The summed E-state index contributed by atoms with van der Waals surface area (Å²) in [5.41, 5.74) is 0. The number of piperidine rings is 1. The van der Waals surface area contributed by atoms with Gasteiger partial charge >= 0.3 is 6.18 Å². The highest BCUT2D eigenvalue weighted by Crippen LogP contribution is 2.16. The second-order valence-corrected chi connectivity index (χ2v) is 8.84. The van der Waals surface area contributed by atoms with Crippen LogP contribution >= 0.6 is 24.0 Å².